The number of nitrogens with zero attached hydrogens (tertiary/aromatic N) is 2. The summed E-state index contributed by atoms with van der Waals surface area (Å²) in [5.41, 5.74) is 2.01. The number of aliphatic hydroxyl groups excluding tert-OH is 1. The van der Waals surface area contributed by atoms with Crippen LogP contribution in [0.25, 0.3) is 22.9 Å². The summed E-state index contributed by atoms with van der Waals surface area (Å²) in [6, 6.07) is 11.7. The summed E-state index contributed by atoms with van der Waals surface area (Å²) in [5, 5.41) is 29.2. The fourth-order valence-electron chi connectivity index (χ4n) is 2.23. The molecule has 2 aromatic carbocycles. The second-order valence-electron chi connectivity index (χ2n) is 4.75. The summed E-state index contributed by atoms with van der Waals surface area (Å²) >= 11 is 0. The molecule has 0 unspecified atom stereocenters. The summed E-state index contributed by atoms with van der Waals surface area (Å²) in [4.78, 5) is 4.42. The second-order valence-corrected chi connectivity index (χ2v) is 4.75. The lowest BCUT2D eigenvalue weighted by Gasteiger charge is -2.04. The van der Waals surface area contributed by atoms with E-state index < -0.39 is 0 Å². The number of rotatable bonds is 2. The summed E-state index contributed by atoms with van der Waals surface area (Å²) in [5.74, 6) is 0.196. The monoisotopic (exact) mass is 282 g/mol. The number of aromatic hydroxyl groups is 2. The maximum Gasteiger partial charge on any atom is 0.137 e. The molecule has 5 nitrogen and oxygen atoms in total. The Morgan fingerprint density at radius 2 is 1.90 bits per heavy atom. The largest absolute Gasteiger partial charge is 0.508 e. The average Bonchev–Trinajstić information content (AvgIpc) is 2.76. The highest BCUT2D eigenvalue weighted by atomic mass is 16.3. The van der Waals surface area contributed by atoms with Gasteiger partial charge in [0.1, 0.15) is 23.1 Å². The van der Waals surface area contributed by atoms with E-state index in [2.05, 4.69) is 4.98 Å². The van der Waals surface area contributed by atoms with Gasteiger partial charge in [-0.05, 0) is 24.3 Å². The van der Waals surface area contributed by atoms with Crippen LogP contribution in [0.5, 0.6) is 11.5 Å². The Morgan fingerprint density at radius 1 is 1.14 bits per heavy atom. The van der Waals surface area contributed by atoms with Crippen LogP contribution in [0.4, 0.5) is 0 Å². The number of benzene rings is 2. The van der Waals surface area contributed by atoms with Gasteiger partial charge in [-0.2, -0.15) is 0 Å². The Morgan fingerprint density at radius 3 is 2.62 bits per heavy atom. The predicted molar refractivity (Wildman–Crippen MR) is 81.0 cm³/mol. The van der Waals surface area contributed by atoms with Gasteiger partial charge in [-0.25, -0.2) is 4.98 Å². The zero-order chi connectivity index (χ0) is 15.0. The number of aryl methyl sites for hydroxylation is 1. The third-order valence-electron chi connectivity index (χ3n) is 3.34. The number of fused-ring (bicyclic) bond motifs is 1. The predicted octanol–water partition coefficient (Wildman–Crippen LogP) is 3.04. The van der Waals surface area contributed by atoms with Crippen LogP contribution in [0.2, 0.25) is 0 Å². The van der Waals surface area contributed by atoms with Crippen LogP contribution >= 0.6 is 0 Å². The summed E-state index contributed by atoms with van der Waals surface area (Å²) in [6.07, 6.45) is 1.48. The number of hydrogen-bond donors (Lipinski definition) is 3. The molecule has 0 saturated heterocycles. The van der Waals surface area contributed by atoms with Crippen molar-refractivity contribution < 1.29 is 15.3 Å². The molecule has 0 aliphatic rings. The smallest absolute Gasteiger partial charge is 0.137 e. The number of aliphatic hydroxyl groups is 1. The van der Waals surface area contributed by atoms with Crippen LogP contribution in [-0.2, 0) is 7.05 Å². The maximum absolute atomic E-state index is 10.2. The lowest BCUT2D eigenvalue weighted by Crippen LogP contribution is -1.93. The maximum atomic E-state index is 10.2. The van der Waals surface area contributed by atoms with E-state index in [1.54, 1.807) is 0 Å². The van der Waals surface area contributed by atoms with Crippen LogP contribution in [-0.4, -0.2) is 24.9 Å². The average molecular weight is 282 g/mol. The van der Waals surface area contributed by atoms with Crippen LogP contribution in [0.3, 0.4) is 0 Å². The van der Waals surface area contributed by atoms with E-state index in [1.807, 2.05) is 35.9 Å². The van der Waals surface area contributed by atoms with Crippen molar-refractivity contribution in [1.29, 1.82) is 0 Å². The van der Waals surface area contributed by atoms with Crippen molar-refractivity contribution in [2.75, 3.05) is 0 Å². The number of phenolic OH excluding ortho intramolecular Hbond substituents is 2. The molecular formula is C16H14N2O3. The Bertz CT molecular complexity index is 850. The molecule has 0 aliphatic carbocycles. The minimum absolute atomic E-state index is 0.0632. The minimum atomic E-state index is -0.192. The first-order valence-electron chi connectivity index (χ1n) is 6.41. The van der Waals surface area contributed by atoms with Gasteiger partial charge in [0.25, 0.3) is 0 Å². The van der Waals surface area contributed by atoms with Crippen LogP contribution in [0.1, 0.15) is 11.4 Å². The standard InChI is InChI=1S/C16H14N2O3/c1-18-13-5-3-2-4-12(13)17-16(18)9-15(21)11-7-6-10(19)8-14(11)20/h2-9,19-21H,1H3. The molecule has 1 aromatic heterocycles. The third kappa shape index (κ3) is 2.29. The lowest BCUT2D eigenvalue weighted by molar-refractivity contribution is 0.443. The minimum Gasteiger partial charge on any atom is -0.508 e. The molecule has 0 fully saturated rings. The number of hydrogen-bond acceptors (Lipinski definition) is 4. The van der Waals surface area contributed by atoms with E-state index in [4.69, 9.17) is 0 Å². The number of imidazole rings is 1. The van der Waals surface area contributed by atoms with Gasteiger partial charge in [0.15, 0.2) is 0 Å². The quantitative estimate of drug-likeness (QED) is 0.631. The summed E-state index contributed by atoms with van der Waals surface area (Å²) < 4.78 is 1.85. The van der Waals surface area contributed by atoms with E-state index in [9.17, 15) is 15.3 Å². The van der Waals surface area contributed by atoms with Gasteiger partial charge in [-0.15, -0.1) is 0 Å². The molecule has 3 rings (SSSR count). The van der Waals surface area contributed by atoms with E-state index >= 15 is 0 Å². The van der Waals surface area contributed by atoms with Crippen molar-refractivity contribution in [2.45, 2.75) is 0 Å². The second kappa shape index (κ2) is 4.86. The summed E-state index contributed by atoms with van der Waals surface area (Å²) in [6.45, 7) is 0. The molecule has 0 spiro atoms. The van der Waals surface area contributed by atoms with Gasteiger partial charge in [0.05, 0.1) is 16.6 Å². The van der Waals surface area contributed by atoms with Crippen LogP contribution in [0.15, 0.2) is 42.5 Å². The normalized spacial score (nSPS) is 12.0. The highest BCUT2D eigenvalue weighted by Gasteiger charge is 2.10. The first-order valence-corrected chi connectivity index (χ1v) is 6.41. The van der Waals surface area contributed by atoms with Crippen LogP contribution < -0.4 is 0 Å². The van der Waals surface area contributed by atoms with Crippen molar-refractivity contribution in [2.24, 2.45) is 7.05 Å². The molecular weight excluding hydrogens is 268 g/mol. The molecule has 0 aliphatic heterocycles. The zero-order valence-electron chi connectivity index (χ0n) is 11.4. The molecule has 106 valence electrons. The molecule has 0 saturated carbocycles. The Hall–Kier alpha value is -2.95. The fourth-order valence-corrected chi connectivity index (χ4v) is 2.23. The van der Waals surface area contributed by atoms with Crippen molar-refractivity contribution in [1.82, 2.24) is 9.55 Å². The van der Waals surface area contributed by atoms with Crippen molar-refractivity contribution in [3.8, 4) is 11.5 Å². The molecule has 1 heterocycles. The Kier molecular flexibility index (Phi) is 3.02. The van der Waals surface area contributed by atoms with Gasteiger partial charge in [-0.3, -0.25) is 0 Å². The van der Waals surface area contributed by atoms with Gasteiger partial charge in [0, 0.05) is 19.2 Å². The van der Waals surface area contributed by atoms with E-state index in [-0.39, 0.29) is 22.8 Å². The van der Waals surface area contributed by atoms with E-state index in [0.29, 0.717) is 5.82 Å². The third-order valence-corrected chi connectivity index (χ3v) is 3.34. The summed E-state index contributed by atoms with van der Waals surface area (Å²) in [7, 11) is 1.85. The van der Waals surface area contributed by atoms with E-state index in [1.165, 1.54) is 24.3 Å². The first kappa shape index (κ1) is 13.1. The van der Waals surface area contributed by atoms with Gasteiger partial charge in [0.2, 0.25) is 0 Å². The fraction of sp³-hybridized carbons (Fsp3) is 0.0625. The molecule has 0 amide bonds. The molecule has 3 N–H and O–H groups in total. The zero-order valence-corrected chi connectivity index (χ0v) is 11.4. The topological polar surface area (TPSA) is 78.5 Å². The van der Waals surface area contributed by atoms with Gasteiger partial charge >= 0.3 is 0 Å². The number of aromatic nitrogens is 2. The highest BCUT2D eigenvalue weighted by Crippen LogP contribution is 2.28. The lowest BCUT2D eigenvalue weighted by atomic mass is 10.1. The van der Waals surface area contributed by atoms with E-state index in [0.717, 1.165) is 11.0 Å². The molecule has 0 bridgehead atoms. The molecule has 0 radical (unpaired) electrons. The SMILES string of the molecule is Cn1c(C=C(O)c2ccc(O)cc2O)nc2ccccc21. The van der Waals surface area contributed by atoms with Crippen molar-refractivity contribution in [3.05, 3.63) is 53.9 Å². The first-order chi connectivity index (χ1) is 10.1. The van der Waals surface area contributed by atoms with Crippen molar-refractivity contribution >= 4 is 22.9 Å². The van der Waals surface area contributed by atoms with Crippen molar-refractivity contribution in [3.63, 3.8) is 0 Å². The molecule has 5 heteroatoms. The van der Waals surface area contributed by atoms with Crippen LogP contribution in [0, 0.1) is 0 Å². The molecule has 3 aromatic rings. The Balaban J connectivity index is 2.08. The highest BCUT2D eigenvalue weighted by molar-refractivity contribution is 5.82. The van der Waals surface area contributed by atoms with Gasteiger partial charge in [-0.1, -0.05) is 12.1 Å². The molecule has 21 heavy (non-hydrogen) atoms. The van der Waals surface area contributed by atoms with Gasteiger partial charge < -0.3 is 19.9 Å². The molecule has 0 atom stereocenters. The number of phenols is 2. The number of para-hydroxylation sites is 2. The Labute approximate surface area is 121 Å².